The number of carbonyl (C=O) groups excluding carboxylic acids is 1. The zero-order valence-electron chi connectivity index (χ0n) is 9.59. The number of pyridine rings is 1. The Kier molecular flexibility index (Phi) is 3.49. The van der Waals surface area contributed by atoms with Gasteiger partial charge in [-0.2, -0.15) is 11.8 Å². The molecule has 0 aromatic carbocycles. The molecule has 2 atom stereocenters. The maximum atomic E-state index is 10.6. The minimum atomic E-state index is 0.494. The van der Waals surface area contributed by atoms with Gasteiger partial charge in [-0.05, 0) is 19.1 Å². The van der Waals surface area contributed by atoms with Crippen LogP contribution in [0, 0.1) is 0 Å². The standard InChI is InChI=1S/C12H16N2OS/c1-9-10(2)16-6-5-14(9)12-4-3-11(8-15)7-13-12/h3-4,7-10H,5-6H2,1-2H3. The Morgan fingerprint density at radius 2 is 2.31 bits per heavy atom. The molecule has 1 aromatic heterocycles. The van der Waals surface area contributed by atoms with Crippen LogP contribution in [0.4, 0.5) is 5.82 Å². The molecule has 0 radical (unpaired) electrons. The number of hydrogen-bond acceptors (Lipinski definition) is 4. The molecule has 0 saturated carbocycles. The van der Waals surface area contributed by atoms with Crippen LogP contribution < -0.4 is 4.90 Å². The number of carbonyl (C=O) groups is 1. The summed E-state index contributed by atoms with van der Waals surface area (Å²) in [6, 6.07) is 4.26. The molecule has 0 bridgehead atoms. The third-order valence-electron chi connectivity index (χ3n) is 3.08. The van der Waals surface area contributed by atoms with Gasteiger partial charge in [0.1, 0.15) is 5.82 Å². The van der Waals surface area contributed by atoms with Crippen molar-refractivity contribution in [2.45, 2.75) is 25.1 Å². The van der Waals surface area contributed by atoms with E-state index < -0.39 is 0 Å². The van der Waals surface area contributed by atoms with Crippen molar-refractivity contribution < 1.29 is 4.79 Å². The minimum Gasteiger partial charge on any atom is -0.352 e. The molecule has 0 amide bonds. The third-order valence-corrected chi connectivity index (χ3v) is 4.42. The lowest BCUT2D eigenvalue weighted by molar-refractivity contribution is 0.112. The van der Waals surface area contributed by atoms with Crippen LogP contribution in [0.1, 0.15) is 24.2 Å². The Labute approximate surface area is 100 Å². The first-order valence-corrected chi connectivity index (χ1v) is 6.56. The monoisotopic (exact) mass is 236 g/mol. The first-order valence-electron chi connectivity index (χ1n) is 5.52. The van der Waals surface area contributed by atoms with E-state index >= 15 is 0 Å². The van der Waals surface area contributed by atoms with Gasteiger partial charge in [-0.1, -0.05) is 6.92 Å². The molecule has 4 heteroatoms. The van der Waals surface area contributed by atoms with Crippen molar-refractivity contribution in [2.75, 3.05) is 17.2 Å². The average Bonchev–Trinajstić information content (AvgIpc) is 2.33. The molecule has 2 rings (SSSR count). The Balaban J connectivity index is 2.18. The first-order chi connectivity index (χ1) is 7.72. The zero-order valence-corrected chi connectivity index (χ0v) is 10.4. The minimum absolute atomic E-state index is 0.494. The second-order valence-electron chi connectivity index (χ2n) is 4.08. The summed E-state index contributed by atoms with van der Waals surface area (Å²) in [6.45, 7) is 5.51. The maximum absolute atomic E-state index is 10.6. The third kappa shape index (κ3) is 2.21. The predicted octanol–water partition coefficient (Wildman–Crippen LogP) is 2.22. The normalized spacial score (nSPS) is 25.5. The second kappa shape index (κ2) is 4.87. The fourth-order valence-electron chi connectivity index (χ4n) is 1.89. The molecule has 1 aliphatic rings. The Bertz CT molecular complexity index is 366. The highest BCUT2D eigenvalue weighted by Crippen LogP contribution is 2.27. The SMILES string of the molecule is CC1SCCN(c2ccc(C=O)cn2)C1C. The van der Waals surface area contributed by atoms with Crippen LogP contribution in [0.2, 0.25) is 0 Å². The number of hydrogen-bond donors (Lipinski definition) is 0. The van der Waals surface area contributed by atoms with Crippen LogP contribution in [0.25, 0.3) is 0 Å². The van der Waals surface area contributed by atoms with E-state index in [9.17, 15) is 4.79 Å². The lowest BCUT2D eigenvalue weighted by Gasteiger charge is -2.38. The average molecular weight is 236 g/mol. The van der Waals surface area contributed by atoms with Gasteiger partial charge in [-0.25, -0.2) is 4.98 Å². The predicted molar refractivity (Wildman–Crippen MR) is 68.4 cm³/mol. The quantitative estimate of drug-likeness (QED) is 0.737. The molecule has 3 nitrogen and oxygen atoms in total. The maximum Gasteiger partial charge on any atom is 0.151 e. The zero-order chi connectivity index (χ0) is 11.5. The van der Waals surface area contributed by atoms with Gasteiger partial charge >= 0.3 is 0 Å². The Morgan fingerprint density at radius 1 is 1.50 bits per heavy atom. The van der Waals surface area contributed by atoms with Crippen LogP contribution in [0.5, 0.6) is 0 Å². The van der Waals surface area contributed by atoms with Crippen LogP contribution in [0.15, 0.2) is 18.3 Å². The Hall–Kier alpha value is -1.03. The molecule has 1 saturated heterocycles. The molecule has 1 aromatic rings. The number of anilines is 1. The van der Waals surface area contributed by atoms with Crippen LogP contribution in [0.3, 0.4) is 0 Å². The summed E-state index contributed by atoms with van der Waals surface area (Å²) in [4.78, 5) is 17.2. The number of aldehydes is 1. The van der Waals surface area contributed by atoms with E-state index in [1.54, 1.807) is 6.20 Å². The van der Waals surface area contributed by atoms with E-state index in [1.165, 1.54) is 0 Å². The van der Waals surface area contributed by atoms with E-state index in [4.69, 9.17) is 0 Å². The first kappa shape index (κ1) is 11.5. The number of thioether (sulfide) groups is 1. The number of rotatable bonds is 2. The van der Waals surface area contributed by atoms with Crippen LogP contribution in [-0.4, -0.2) is 34.9 Å². The van der Waals surface area contributed by atoms with Crippen molar-refractivity contribution in [3.05, 3.63) is 23.9 Å². The van der Waals surface area contributed by atoms with Crippen molar-refractivity contribution in [3.63, 3.8) is 0 Å². The fourth-order valence-corrected chi connectivity index (χ4v) is 2.99. The smallest absolute Gasteiger partial charge is 0.151 e. The highest BCUT2D eigenvalue weighted by molar-refractivity contribution is 8.00. The van der Waals surface area contributed by atoms with E-state index in [0.717, 1.165) is 24.4 Å². The second-order valence-corrected chi connectivity index (χ2v) is 5.56. The number of aromatic nitrogens is 1. The summed E-state index contributed by atoms with van der Waals surface area (Å²) in [5.41, 5.74) is 0.635. The lowest BCUT2D eigenvalue weighted by atomic mass is 10.2. The Morgan fingerprint density at radius 3 is 2.94 bits per heavy atom. The summed E-state index contributed by atoms with van der Waals surface area (Å²) in [5, 5.41) is 0.626. The molecule has 1 fully saturated rings. The number of nitrogens with zero attached hydrogens (tertiary/aromatic N) is 2. The molecular weight excluding hydrogens is 220 g/mol. The molecule has 0 aliphatic carbocycles. The van der Waals surface area contributed by atoms with E-state index in [2.05, 4.69) is 23.7 Å². The molecule has 2 heterocycles. The highest BCUT2D eigenvalue weighted by atomic mass is 32.2. The summed E-state index contributed by atoms with van der Waals surface area (Å²) in [7, 11) is 0. The van der Waals surface area contributed by atoms with Gasteiger partial charge in [-0.15, -0.1) is 0 Å². The van der Waals surface area contributed by atoms with Crippen LogP contribution >= 0.6 is 11.8 Å². The van der Waals surface area contributed by atoms with Crippen molar-refractivity contribution in [2.24, 2.45) is 0 Å². The molecule has 2 unspecified atom stereocenters. The topological polar surface area (TPSA) is 33.2 Å². The molecular formula is C12H16N2OS. The molecule has 1 aliphatic heterocycles. The van der Waals surface area contributed by atoms with Gasteiger partial charge < -0.3 is 4.90 Å². The lowest BCUT2D eigenvalue weighted by Crippen LogP contribution is -2.45. The van der Waals surface area contributed by atoms with Gasteiger partial charge in [0, 0.05) is 35.3 Å². The summed E-state index contributed by atoms with van der Waals surface area (Å²) in [5.74, 6) is 2.12. The van der Waals surface area contributed by atoms with Gasteiger partial charge in [-0.3, -0.25) is 4.79 Å². The van der Waals surface area contributed by atoms with Gasteiger partial charge in [0.05, 0.1) is 0 Å². The van der Waals surface area contributed by atoms with Gasteiger partial charge in [0.2, 0.25) is 0 Å². The van der Waals surface area contributed by atoms with Crippen molar-refractivity contribution in [1.29, 1.82) is 0 Å². The molecule has 86 valence electrons. The summed E-state index contributed by atoms with van der Waals surface area (Å²) < 4.78 is 0. The molecule has 0 N–H and O–H groups in total. The van der Waals surface area contributed by atoms with Crippen molar-refractivity contribution in [1.82, 2.24) is 4.98 Å². The van der Waals surface area contributed by atoms with Crippen molar-refractivity contribution >= 4 is 23.9 Å². The summed E-state index contributed by atoms with van der Waals surface area (Å²) >= 11 is 2.01. The van der Waals surface area contributed by atoms with Crippen molar-refractivity contribution in [3.8, 4) is 0 Å². The van der Waals surface area contributed by atoms with Crippen LogP contribution in [-0.2, 0) is 0 Å². The van der Waals surface area contributed by atoms with E-state index in [0.29, 0.717) is 16.9 Å². The molecule has 0 spiro atoms. The summed E-state index contributed by atoms with van der Waals surface area (Å²) in [6.07, 6.45) is 2.47. The van der Waals surface area contributed by atoms with Gasteiger partial charge in [0.25, 0.3) is 0 Å². The molecule has 16 heavy (non-hydrogen) atoms. The van der Waals surface area contributed by atoms with E-state index in [-0.39, 0.29) is 0 Å². The fraction of sp³-hybridized carbons (Fsp3) is 0.500. The highest BCUT2D eigenvalue weighted by Gasteiger charge is 2.25. The largest absolute Gasteiger partial charge is 0.352 e. The van der Waals surface area contributed by atoms with E-state index in [1.807, 2.05) is 23.9 Å². The van der Waals surface area contributed by atoms with Gasteiger partial charge in [0.15, 0.2) is 6.29 Å².